The van der Waals surface area contributed by atoms with Gasteiger partial charge in [0.2, 0.25) is 0 Å². The molecule has 0 aromatic rings. The Balaban J connectivity index is 1.51. The van der Waals surface area contributed by atoms with Crippen LogP contribution in [0.2, 0.25) is 0 Å². The SMILES string of the molecule is O=S1(=O)CCC(N2CCC(C3CCCN3)CC2)C1. The third-order valence-corrected chi connectivity index (χ3v) is 6.72. The molecule has 0 spiro atoms. The molecule has 1 N–H and O–H groups in total. The van der Waals surface area contributed by atoms with Crippen molar-refractivity contribution in [1.82, 2.24) is 10.2 Å². The highest BCUT2D eigenvalue weighted by molar-refractivity contribution is 7.91. The molecule has 3 rings (SSSR count). The topological polar surface area (TPSA) is 49.4 Å². The molecule has 0 amide bonds. The Morgan fingerprint density at radius 2 is 1.83 bits per heavy atom. The van der Waals surface area contributed by atoms with Crippen molar-refractivity contribution in [2.75, 3.05) is 31.1 Å². The van der Waals surface area contributed by atoms with Crippen molar-refractivity contribution in [1.29, 1.82) is 0 Å². The number of piperidine rings is 1. The van der Waals surface area contributed by atoms with Crippen LogP contribution in [0.3, 0.4) is 0 Å². The van der Waals surface area contributed by atoms with Crippen LogP contribution in [0.4, 0.5) is 0 Å². The van der Waals surface area contributed by atoms with Crippen molar-refractivity contribution >= 4 is 9.84 Å². The molecule has 2 atom stereocenters. The Morgan fingerprint density at radius 3 is 2.39 bits per heavy atom. The first-order chi connectivity index (χ1) is 8.64. The van der Waals surface area contributed by atoms with Gasteiger partial charge in [-0.05, 0) is 57.7 Å². The number of hydrogen-bond donors (Lipinski definition) is 1. The van der Waals surface area contributed by atoms with Crippen LogP contribution in [0.1, 0.15) is 32.1 Å². The van der Waals surface area contributed by atoms with Gasteiger partial charge in [-0.25, -0.2) is 8.42 Å². The van der Waals surface area contributed by atoms with E-state index in [0.717, 1.165) is 31.5 Å². The molecule has 0 aromatic carbocycles. The van der Waals surface area contributed by atoms with E-state index in [-0.39, 0.29) is 0 Å². The van der Waals surface area contributed by atoms with Crippen LogP contribution in [0.25, 0.3) is 0 Å². The van der Waals surface area contributed by atoms with Gasteiger partial charge in [0.1, 0.15) is 0 Å². The highest BCUT2D eigenvalue weighted by Crippen LogP contribution is 2.28. The molecule has 3 fully saturated rings. The van der Waals surface area contributed by atoms with E-state index in [9.17, 15) is 8.42 Å². The lowest BCUT2D eigenvalue weighted by molar-refractivity contribution is 0.129. The average Bonchev–Trinajstić information content (AvgIpc) is 2.98. The van der Waals surface area contributed by atoms with Gasteiger partial charge in [-0.15, -0.1) is 0 Å². The van der Waals surface area contributed by atoms with E-state index in [4.69, 9.17) is 0 Å². The van der Waals surface area contributed by atoms with Gasteiger partial charge in [-0.1, -0.05) is 0 Å². The quantitative estimate of drug-likeness (QED) is 0.801. The van der Waals surface area contributed by atoms with Gasteiger partial charge in [0.25, 0.3) is 0 Å². The molecule has 4 nitrogen and oxygen atoms in total. The zero-order valence-electron chi connectivity index (χ0n) is 11.0. The van der Waals surface area contributed by atoms with Crippen molar-refractivity contribution in [3.63, 3.8) is 0 Å². The van der Waals surface area contributed by atoms with Gasteiger partial charge < -0.3 is 5.32 Å². The first kappa shape index (κ1) is 12.9. The summed E-state index contributed by atoms with van der Waals surface area (Å²) in [5, 5.41) is 3.61. The summed E-state index contributed by atoms with van der Waals surface area (Å²) in [6.07, 6.45) is 6.01. The highest BCUT2D eigenvalue weighted by Gasteiger charge is 2.35. The monoisotopic (exact) mass is 272 g/mol. The average molecular weight is 272 g/mol. The molecule has 0 aromatic heterocycles. The maximum absolute atomic E-state index is 11.5. The van der Waals surface area contributed by atoms with E-state index in [1.165, 1.54) is 32.2 Å². The molecular weight excluding hydrogens is 248 g/mol. The van der Waals surface area contributed by atoms with Crippen LogP contribution >= 0.6 is 0 Å². The van der Waals surface area contributed by atoms with Crippen molar-refractivity contribution in [3.8, 4) is 0 Å². The Hall–Kier alpha value is -0.130. The minimum atomic E-state index is -2.73. The maximum atomic E-state index is 11.5. The van der Waals surface area contributed by atoms with Gasteiger partial charge in [0.05, 0.1) is 11.5 Å². The normalized spacial score (nSPS) is 38.2. The minimum Gasteiger partial charge on any atom is -0.314 e. The molecule has 0 saturated carbocycles. The van der Waals surface area contributed by atoms with Crippen molar-refractivity contribution in [2.24, 2.45) is 5.92 Å². The van der Waals surface area contributed by atoms with Crippen molar-refractivity contribution in [2.45, 2.75) is 44.2 Å². The summed E-state index contributed by atoms with van der Waals surface area (Å²) in [5.41, 5.74) is 0. The number of nitrogens with zero attached hydrogens (tertiary/aromatic N) is 1. The summed E-state index contributed by atoms with van der Waals surface area (Å²) in [6.45, 7) is 3.39. The molecule has 3 aliphatic rings. The molecule has 104 valence electrons. The standard InChI is InChI=1S/C13H24N2O2S/c16-18(17)9-5-12(10-18)15-7-3-11(4-8-15)13-2-1-6-14-13/h11-14H,1-10H2. The van der Waals surface area contributed by atoms with E-state index in [2.05, 4.69) is 10.2 Å². The predicted octanol–water partition coefficient (Wildman–Crippen LogP) is 0.638. The van der Waals surface area contributed by atoms with Crippen LogP contribution in [0.5, 0.6) is 0 Å². The van der Waals surface area contributed by atoms with Crippen LogP contribution in [0, 0.1) is 5.92 Å². The lowest BCUT2D eigenvalue weighted by Gasteiger charge is -2.37. The molecule has 0 bridgehead atoms. The fourth-order valence-corrected chi connectivity index (χ4v) is 5.63. The van der Waals surface area contributed by atoms with E-state index in [0.29, 0.717) is 17.5 Å². The maximum Gasteiger partial charge on any atom is 0.151 e. The Labute approximate surface area is 110 Å². The third-order valence-electron chi connectivity index (χ3n) is 4.97. The van der Waals surface area contributed by atoms with Gasteiger partial charge in [0, 0.05) is 12.1 Å². The zero-order valence-corrected chi connectivity index (χ0v) is 11.8. The molecule has 3 aliphatic heterocycles. The fraction of sp³-hybridized carbons (Fsp3) is 1.00. The smallest absolute Gasteiger partial charge is 0.151 e. The second-order valence-electron chi connectivity index (χ2n) is 6.13. The predicted molar refractivity (Wildman–Crippen MR) is 72.4 cm³/mol. The lowest BCUT2D eigenvalue weighted by atomic mass is 9.88. The second kappa shape index (κ2) is 5.10. The second-order valence-corrected chi connectivity index (χ2v) is 8.36. The Kier molecular flexibility index (Phi) is 3.65. The fourth-order valence-electron chi connectivity index (χ4n) is 3.86. The van der Waals surface area contributed by atoms with Gasteiger partial charge in [-0.3, -0.25) is 4.90 Å². The van der Waals surface area contributed by atoms with Crippen molar-refractivity contribution in [3.05, 3.63) is 0 Å². The number of likely N-dealkylation sites (tertiary alicyclic amines) is 1. The molecule has 18 heavy (non-hydrogen) atoms. The van der Waals surface area contributed by atoms with Crippen molar-refractivity contribution < 1.29 is 8.42 Å². The van der Waals surface area contributed by atoms with Gasteiger partial charge >= 0.3 is 0 Å². The summed E-state index contributed by atoms with van der Waals surface area (Å²) >= 11 is 0. The summed E-state index contributed by atoms with van der Waals surface area (Å²) in [7, 11) is -2.73. The van der Waals surface area contributed by atoms with E-state index in [1.807, 2.05) is 0 Å². The Morgan fingerprint density at radius 1 is 1.06 bits per heavy atom. The first-order valence-electron chi connectivity index (χ1n) is 7.32. The zero-order chi connectivity index (χ0) is 12.6. The van der Waals surface area contributed by atoms with Crippen LogP contribution in [-0.2, 0) is 9.84 Å². The number of nitrogens with one attached hydrogen (secondary N) is 1. The van der Waals surface area contributed by atoms with Gasteiger partial charge in [-0.2, -0.15) is 0 Å². The minimum absolute atomic E-state index is 0.312. The lowest BCUT2D eigenvalue weighted by Crippen LogP contribution is -2.45. The Bertz CT molecular complexity index is 382. The molecule has 2 unspecified atom stereocenters. The van der Waals surface area contributed by atoms with E-state index in [1.54, 1.807) is 0 Å². The molecule has 3 saturated heterocycles. The molecule has 0 radical (unpaired) electrons. The van der Waals surface area contributed by atoms with E-state index >= 15 is 0 Å². The summed E-state index contributed by atoms with van der Waals surface area (Å²) < 4.78 is 23.0. The molecule has 5 heteroatoms. The third kappa shape index (κ3) is 2.73. The first-order valence-corrected chi connectivity index (χ1v) is 9.14. The van der Waals surface area contributed by atoms with Gasteiger partial charge in [0.15, 0.2) is 9.84 Å². The van der Waals surface area contributed by atoms with E-state index < -0.39 is 9.84 Å². The van der Waals surface area contributed by atoms with Crippen LogP contribution in [0.15, 0.2) is 0 Å². The largest absolute Gasteiger partial charge is 0.314 e. The summed E-state index contributed by atoms with van der Waals surface area (Å²) in [6, 6.07) is 1.05. The number of sulfone groups is 1. The molecule has 3 heterocycles. The summed E-state index contributed by atoms with van der Waals surface area (Å²) in [5.74, 6) is 1.63. The number of rotatable bonds is 2. The van der Waals surface area contributed by atoms with Crippen LogP contribution in [-0.4, -0.2) is 56.5 Å². The molecular formula is C13H24N2O2S. The molecule has 0 aliphatic carbocycles. The summed E-state index contributed by atoms with van der Waals surface area (Å²) in [4.78, 5) is 2.43. The number of hydrogen-bond acceptors (Lipinski definition) is 4. The van der Waals surface area contributed by atoms with Crippen LogP contribution < -0.4 is 5.32 Å². The highest BCUT2D eigenvalue weighted by atomic mass is 32.2.